The molecule has 0 aliphatic heterocycles. The molecule has 2 bridgehead atoms. The van der Waals surface area contributed by atoms with Crippen molar-refractivity contribution in [3.63, 3.8) is 0 Å². The third kappa shape index (κ3) is 1.14. The number of hydrogen-bond donors (Lipinski definition) is 1. The lowest BCUT2D eigenvalue weighted by atomic mass is 9.93. The first-order valence-electron chi connectivity index (χ1n) is 5.52. The topological polar surface area (TPSA) is 50.4 Å². The Kier molecular flexibility index (Phi) is 1.84. The number of nitrogens with zero attached hydrogens (tertiary/aromatic N) is 3. The molecule has 4 nitrogen and oxygen atoms in total. The summed E-state index contributed by atoms with van der Waals surface area (Å²) in [5, 5.41) is 12.6. The van der Waals surface area contributed by atoms with Crippen molar-refractivity contribution in [3.05, 3.63) is 18.2 Å². The zero-order valence-corrected chi connectivity index (χ0v) is 8.80. The van der Waals surface area contributed by atoms with Gasteiger partial charge in [0.15, 0.2) is 0 Å². The summed E-state index contributed by atoms with van der Waals surface area (Å²) in [6, 6.07) is 0.260. The van der Waals surface area contributed by atoms with E-state index in [4.69, 9.17) is 5.21 Å². The van der Waals surface area contributed by atoms with Crippen molar-refractivity contribution in [1.82, 2.24) is 9.55 Å². The Balaban J connectivity index is 2.03. The fraction of sp³-hybridized carbons (Fsp3) is 0.636. The van der Waals surface area contributed by atoms with E-state index in [0.29, 0.717) is 11.8 Å². The van der Waals surface area contributed by atoms with E-state index in [2.05, 4.69) is 14.7 Å². The van der Waals surface area contributed by atoms with Crippen LogP contribution < -0.4 is 0 Å². The second-order valence-corrected chi connectivity index (χ2v) is 4.62. The molecule has 0 spiro atoms. The number of hydrogen-bond acceptors (Lipinski definition) is 3. The Hall–Kier alpha value is -1.32. The van der Waals surface area contributed by atoms with Crippen LogP contribution in [0.1, 0.15) is 31.1 Å². The summed E-state index contributed by atoms with van der Waals surface area (Å²) in [6.45, 7) is 2.00. The molecule has 0 aromatic carbocycles. The van der Waals surface area contributed by atoms with Gasteiger partial charge in [-0.2, -0.15) is 0 Å². The van der Waals surface area contributed by atoms with Gasteiger partial charge < -0.3 is 9.77 Å². The van der Waals surface area contributed by atoms with Crippen molar-refractivity contribution in [3.8, 4) is 0 Å². The van der Waals surface area contributed by atoms with E-state index in [1.54, 1.807) is 0 Å². The van der Waals surface area contributed by atoms with Crippen molar-refractivity contribution < 1.29 is 5.21 Å². The molecule has 3 unspecified atom stereocenters. The summed E-state index contributed by atoms with van der Waals surface area (Å²) in [6.07, 6.45) is 7.43. The Labute approximate surface area is 88.6 Å². The molecule has 0 amide bonds. The average Bonchev–Trinajstić information content (AvgIpc) is 2.90. The third-order valence-electron chi connectivity index (χ3n) is 3.92. The second kappa shape index (κ2) is 3.08. The van der Waals surface area contributed by atoms with Crippen molar-refractivity contribution in [2.24, 2.45) is 17.0 Å². The molecule has 3 atom stereocenters. The fourth-order valence-electron chi connectivity index (χ4n) is 3.25. The lowest BCUT2D eigenvalue weighted by molar-refractivity contribution is 0.306. The molecule has 0 saturated heterocycles. The number of fused-ring (bicyclic) bond motifs is 2. The van der Waals surface area contributed by atoms with Crippen LogP contribution in [0, 0.1) is 18.8 Å². The van der Waals surface area contributed by atoms with Crippen LogP contribution in [0.5, 0.6) is 0 Å². The van der Waals surface area contributed by atoms with Crippen molar-refractivity contribution in [2.75, 3.05) is 0 Å². The Bertz CT molecular complexity index is 410. The zero-order valence-electron chi connectivity index (χ0n) is 8.80. The number of aromatic nitrogens is 2. The van der Waals surface area contributed by atoms with Crippen molar-refractivity contribution in [1.29, 1.82) is 0 Å². The molecule has 2 aliphatic carbocycles. The first kappa shape index (κ1) is 8.95. The highest BCUT2D eigenvalue weighted by molar-refractivity contribution is 5.93. The maximum atomic E-state index is 9.10. The van der Waals surface area contributed by atoms with Crippen LogP contribution in [-0.4, -0.2) is 20.5 Å². The lowest BCUT2D eigenvalue weighted by Gasteiger charge is -2.24. The Morgan fingerprint density at radius 1 is 1.53 bits per heavy atom. The monoisotopic (exact) mass is 205 g/mol. The minimum atomic E-state index is 0.260. The van der Waals surface area contributed by atoms with Crippen LogP contribution in [-0.2, 0) is 0 Å². The van der Waals surface area contributed by atoms with E-state index in [0.717, 1.165) is 11.5 Å². The predicted molar refractivity (Wildman–Crippen MR) is 56.1 cm³/mol. The summed E-state index contributed by atoms with van der Waals surface area (Å²) in [7, 11) is 0. The van der Waals surface area contributed by atoms with Gasteiger partial charge in [0.1, 0.15) is 5.82 Å². The summed E-state index contributed by atoms with van der Waals surface area (Å²) < 4.78 is 2.15. The van der Waals surface area contributed by atoms with Crippen LogP contribution in [0.3, 0.4) is 0 Å². The highest BCUT2D eigenvalue weighted by Crippen LogP contribution is 2.49. The number of aryl methyl sites for hydroxylation is 1. The first-order chi connectivity index (χ1) is 7.31. The van der Waals surface area contributed by atoms with E-state index in [9.17, 15) is 0 Å². The molecule has 1 N–H and O–H groups in total. The average molecular weight is 205 g/mol. The van der Waals surface area contributed by atoms with Gasteiger partial charge in [0, 0.05) is 18.3 Å². The van der Waals surface area contributed by atoms with Crippen LogP contribution in [0.4, 0.5) is 0 Å². The van der Waals surface area contributed by atoms with Crippen LogP contribution in [0.15, 0.2) is 17.5 Å². The highest BCUT2D eigenvalue weighted by atomic mass is 16.4. The minimum Gasteiger partial charge on any atom is -0.411 e. The van der Waals surface area contributed by atoms with E-state index < -0.39 is 0 Å². The maximum Gasteiger partial charge on any atom is 0.106 e. The van der Waals surface area contributed by atoms with Crippen LogP contribution in [0.25, 0.3) is 0 Å². The minimum absolute atomic E-state index is 0.260. The molecule has 2 aliphatic rings. The summed E-state index contributed by atoms with van der Waals surface area (Å²) in [5.74, 6) is 2.16. The maximum absolute atomic E-state index is 9.10. The zero-order chi connectivity index (χ0) is 10.4. The molecule has 1 aromatic heterocycles. The third-order valence-corrected chi connectivity index (χ3v) is 3.92. The molecule has 0 radical (unpaired) electrons. The van der Waals surface area contributed by atoms with E-state index in [1.165, 1.54) is 19.3 Å². The van der Waals surface area contributed by atoms with E-state index in [1.807, 2.05) is 19.3 Å². The van der Waals surface area contributed by atoms with Gasteiger partial charge in [-0.3, -0.25) is 0 Å². The van der Waals surface area contributed by atoms with Crippen molar-refractivity contribution >= 4 is 5.71 Å². The standard InChI is InChI=1S/C11H15N3O/c1-7-12-4-5-14(7)11-9-3-2-8(6-9)10(11)13-15/h4-5,8-9,11,15H,2-3,6H2,1H3. The van der Waals surface area contributed by atoms with Crippen molar-refractivity contribution in [2.45, 2.75) is 32.2 Å². The summed E-state index contributed by atoms with van der Waals surface area (Å²) in [4.78, 5) is 4.24. The molecule has 3 rings (SSSR count). The molecule has 2 saturated carbocycles. The molecular formula is C11H15N3O. The SMILES string of the molecule is Cc1nccn1C1C(=NO)C2CCC1C2. The van der Waals surface area contributed by atoms with Crippen LogP contribution in [0.2, 0.25) is 0 Å². The van der Waals surface area contributed by atoms with Gasteiger partial charge in [0.25, 0.3) is 0 Å². The summed E-state index contributed by atoms with van der Waals surface area (Å²) in [5.41, 5.74) is 0.965. The van der Waals surface area contributed by atoms with Gasteiger partial charge in [-0.1, -0.05) is 5.16 Å². The van der Waals surface area contributed by atoms with E-state index in [-0.39, 0.29) is 6.04 Å². The summed E-state index contributed by atoms with van der Waals surface area (Å²) >= 11 is 0. The smallest absolute Gasteiger partial charge is 0.106 e. The van der Waals surface area contributed by atoms with Gasteiger partial charge in [-0.25, -0.2) is 4.98 Å². The molecule has 15 heavy (non-hydrogen) atoms. The molecule has 80 valence electrons. The Morgan fingerprint density at radius 2 is 2.40 bits per heavy atom. The number of rotatable bonds is 1. The molecule has 1 heterocycles. The molecular weight excluding hydrogens is 190 g/mol. The second-order valence-electron chi connectivity index (χ2n) is 4.62. The molecule has 2 fully saturated rings. The largest absolute Gasteiger partial charge is 0.411 e. The van der Waals surface area contributed by atoms with Gasteiger partial charge in [0.2, 0.25) is 0 Å². The normalized spacial score (nSPS) is 36.6. The highest BCUT2D eigenvalue weighted by Gasteiger charge is 2.46. The molecule has 1 aromatic rings. The van der Waals surface area contributed by atoms with Gasteiger partial charge in [-0.05, 0) is 32.1 Å². The first-order valence-corrected chi connectivity index (χ1v) is 5.52. The Morgan fingerprint density at radius 3 is 3.07 bits per heavy atom. The number of imidazole rings is 1. The number of oxime groups is 1. The molecule has 4 heteroatoms. The van der Waals surface area contributed by atoms with E-state index >= 15 is 0 Å². The van der Waals surface area contributed by atoms with Gasteiger partial charge in [0.05, 0.1) is 11.8 Å². The quantitative estimate of drug-likeness (QED) is 0.563. The van der Waals surface area contributed by atoms with Gasteiger partial charge in [-0.15, -0.1) is 0 Å². The van der Waals surface area contributed by atoms with Crippen LogP contribution >= 0.6 is 0 Å². The predicted octanol–water partition coefficient (Wildman–Crippen LogP) is 1.99. The lowest BCUT2D eigenvalue weighted by Crippen LogP contribution is -2.26. The fourth-order valence-corrected chi connectivity index (χ4v) is 3.25. The van der Waals surface area contributed by atoms with Gasteiger partial charge >= 0.3 is 0 Å².